The van der Waals surface area contributed by atoms with Gasteiger partial charge < -0.3 is 15.4 Å². The van der Waals surface area contributed by atoms with Crippen LogP contribution in [0.25, 0.3) is 0 Å². The summed E-state index contributed by atoms with van der Waals surface area (Å²) in [5.41, 5.74) is 1.49. The van der Waals surface area contributed by atoms with E-state index in [9.17, 15) is 18.0 Å². The molecular formula is C29H37N3O5S. The van der Waals surface area contributed by atoms with Crippen molar-refractivity contribution in [2.24, 2.45) is 10.8 Å². The smallest absolute Gasteiger partial charge is 0.251 e. The van der Waals surface area contributed by atoms with E-state index in [1.165, 1.54) is 34.6 Å². The van der Waals surface area contributed by atoms with E-state index in [4.69, 9.17) is 4.74 Å². The highest BCUT2D eigenvalue weighted by Crippen LogP contribution is 2.42. The number of nitrogens with zero attached hydrogens (tertiary/aromatic N) is 1. The van der Waals surface area contributed by atoms with Crippen molar-refractivity contribution in [3.05, 3.63) is 71.8 Å². The van der Waals surface area contributed by atoms with Crippen LogP contribution in [0, 0.1) is 10.8 Å². The fourth-order valence-corrected chi connectivity index (χ4v) is 7.49. The molecule has 0 aliphatic carbocycles. The number of rotatable bonds is 7. The summed E-state index contributed by atoms with van der Waals surface area (Å²) in [6, 6.07) is 11.7. The van der Waals surface area contributed by atoms with Crippen molar-refractivity contribution in [1.82, 2.24) is 14.9 Å². The number of nitrogens with one attached hydrogen (secondary N) is 2. The highest BCUT2D eigenvalue weighted by Gasteiger charge is 2.50. The number of aryl methyl sites for hydroxylation is 1. The molecule has 38 heavy (non-hydrogen) atoms. The Morgan fingerprint density at radius 2 is 1.74 bits per heavy atom. The number of amides is 2. The van der Waals surface area contributed by atoms with Crippen LogP contribution in [0.15, 0.2) is 60.0 Å². The van der Waals surface area contributed by atoms with E-state index in [-0.39, 0.29) is 35.8 Å². The fourth-order valence-electron chi connectivity index (χ4n) is 5.70. The van der Waals surface area contributed by atoms with Crippen molar-refractivity contribution in [2.75, 3.05) is 19.7 Å². The number of piperidine rings is 1. The fraction of sp³-hybridized carbons (Fsp3) is 0.448. The normalized spacial score (nSPS) is 19.1. The molecule has 9 heteroatoms. The van der Waals surface area contributed by atoms with Crippen LogP contribution in [-0.2, 0) is 27.8 Å². The second-order valence-corrected chi connectivity index (χ2v) is 13.4. The van der Waals surface area contributed by atoms with Crippen molar-refractivity contribution < 1.29 is 22.7 Å². The van der Waals surface area contributed by atoms with Gasteiger partial charge in [0.05, 0.1) is 11.5 Å². The molecule has 0 bridgehead atoms. The van der Waals surface area contributed by atoms with E-state index in [0.29, 0.717) is 12.1 Å². The van der Waals surface area contributed by atoms with E-state index in [2.05, 4.69) is 23.3 Å². The first kappa shape index (κ1) is 27.9. The molecule has 2 heterocycles. The van der Waals surface area contributed by atoms with Gasteiger partial charge in [0.2, 0.25) is 15.9 Å². The summed E-state index contributed by atoms with van der Waals surface area (Å²) < 4.78 is 34.3. The number of carbonyl (C=O) groups excluding carboxylic acids is 2. The molecule has 204 valence electrons. The van der Waals surface area contributed by atoms with Crippen LogP contribution in [-0.4, -0.2) is 50.3 Å². The van der Waals surface area contributed by atoms with E-state index < -0.39 is 20.9 Å². The average molecular weight is 540 g/mol. The molecule has 0 spiro atoms. The molecule has 0 atom stereocenters. The highest BCUT2D eigenvalue weighted by atomic mass is 32.2. The average Bonchev–Trinajstić information content (AvgIpc) is 2.88. The minimum atomic E-state index is -3.81. The van der Waals surface area contributed by atoms with E-state index in [1.54, 1.807) is 0 Å². The van der Waals surface area contributed by atoms with Crippen molar-refractivity contribution in [3.63, 3.8) is 0 Å². The number of sulfonamides is 1. The van der Waals surface area contributed by atoms with Crippen molar-refractivity contribution in [2.45, 2.75) is 58.0 Å². The van der Waals surface area contributed by atoms with Gasteiger partial charge in [0, 0.05) is 31.2 Å². The Kier molecular flexibility index (Phi) is 7.72. The third-order valence-corrected chi connectivity index (χ3v) is 9.19. The van der Waals surface area contributed by atoms with Gasteiger partial charge >= 0.3 is 0 Å². The number of hydrogen-bond acceptors (Lipinski definition) is 5. The van der Waals surface area contributed by atoms with Crippen molar-refractivity contribution in [1.29, 1.82) is 0 Å². The molecule has 0 aromatic heterocycles. The molecular weight excluding hydrogens is 502 g/mol. The quantitative estimate of drug-likeness (QED) is 0.523. The maximum absolute atomic E-state index is 13.6. The highest BCUT2D eigenvalue weighted by molar-refractivity contribution is 7.89. The molecule has 0 unspecified atom stereocenters. The number of hydrogen-bond donors (Lipinski definition) is 2. The topological polar surface area (TPSA) is 105 Å². The first-order valence-corrected chi connectivity index (χ1v) is 14.3. The summed E-state index contributed by atoms with van der Waals surface area (Å²) in [6.07, 6.45) is 3.17. The van der Waals surface area contributed by atoms with Gasteiger partial charge in [-0.25, -0.2) is 8.42 Å². The van der Waals surface area contributed by atoms with Gasteiger partial charge in [-0.2, -0.15) is 4.31 Å². The minimum absolute atomic E-state index is 0.129. The SMILES string of the molecule is C=CC(=O)NC1C(C)(C)CN(S(=O)(=O)c2ccc(C(=O)NCc3ccc4c(c3)CCCO4)cc2)CC1(C)C. The predicted molar refractivity (Wildman–Crippen MR) is 146 cm³/mol. The molecule has 2 aliphatic heterocycles. The molecule has 2 amide bonds. The van der Waals surface area contributed by atoms with Crippen molar-refractivity contribution in [3.8, 4) is 5.75 Å². The monoisotopic (exact) mass is 539 g/mol. The first-order valence-electron chi connectivity index (χ1n) is 12.9. The molecule has 4 rings (SSSR count). The van der Waals surface area contributed by atoms with Gasteiger partial charge in [-0.1, -0.05) is 46.4 Å². The Labute approximate surface area is 225 Å². The van der Waals surface area contributed by atoms with Gasteiger partial charge in [0.15, 0.2) is 0 Å². The largest absolute Gasteiger partial charge is 0.493 e. The van der Waals surface area contributed by atoms with Crippen molar-refractivity contribution >= 4 is 21.8 Å². The van der Waals surface area contributed by atoms with Crippen LogP contribution in [0.5, 0.6) is 5.75 Å². The number of carbonyl (C=O) groups is 2. The molecule has 2 aromatic rings. The van der Waals surface area contributed by atoms with Crippen LogP contribution in [0.2, 0.25) is 0 Å². The van der Waals surface area contributed by atoms with E-state index >= 15 is 0 Å². The lowest BCUT2D eigenvalue weighted by Crippen LogP contribution is -2.64. The van der Waals surface area contributed by atoms with Crippen LogP contribution in [0.3, 0.4) is 0 Å². The van der Waals surface area contributed by atoms with Gasteiger partial charge in [0.25, 0.3) is 5.91 Å². The lowest BCUT2D eigenvalue weighted by Gasteiger charge is -2.52. The zero-order valence-corrected chi connectivity index (χ0v) is 23.4. The van der Waals surface area contributed by atoms with Crippen LogP contribution in [0.4, 0.5) is 0 Å². The summed E-state index contributed by atoms with van der Waals surface area (Å²) in [7, 11) is -3.81. The zero-order valence-electron chi connectivity index (χ0n) is 22.5. The number of ether oxygens (including phenoxy) is 1. The van der Waals surface area contributed by atoms with Crippen LogP contribution in [0.1, 0.15) is 55.6 Å². The maximum atomic E-state index is 13.6. The lowest BCUT2D eigenvalue weighted by molar-refractivity contribution is -0.120. The maximum Gasteiger partial charge on any atom is 0.251 e. The zero-order chi connectivity index (χ0) is 27.7. The third kappa shape index (κ3) is 5.78. The van der Waals surface area contributed by atoms with E-state index in [0.717, 1.165) is 36.3 Å². The van der Waals surface area contributed by atoms with E-state index in [1.807, 2.05) is 39.8 Å². The van der Waals surface area contributed by atoms with Gasteiger partial charge in [-0.3, -0.25) is 9.59 Å². The first-order chi connectivity index (χ1) is 17.8. The third-order valence-electron chi connectivity index (χ3n) is 7.38. The Balaban J connectivity index is 1.44. The van der Waals surface area contributed by atoms with Crippen LogP contribution >= 0.6 is 0 Å². The van der Waals surface area contributed by atoms with Gasteiger partial charge in [-0.05, 0) is 71.2 Å². The Morgan fingerprint density at radius 3 is 2.37 bits per heavy atom. The molecule has 0 radical (unpaired) electrons. The minimum Gasteiger partial charge on any atom is -0.493 e. The standard InChI is InChI=1S/C29H37N3O5S/c1-6-25(33)31-27-28(2,3)18-32(19-29(27,4)5)38(35,36)23-12-10-21(11-13-23)26(34)30-17-20-9-14-24-22(16-20)8-7-15-37-24/h6,9-14,16,27H,1,7-8,15,17-19H2,2-5H3,(H,30,34)(H,31,33). The van der Waals surface area contributed by atoms with Gasteiger partial charge in [0.1, 0.15) is 5.75 Å². The van der Waals surface area contributed by atoms with Crippen LogP contribution < -0.4 is 15.4 Å². The summed E-state index contributed by atoms with van der Waals surface area (Å²) in [6.45, 7) is 12.9. The molecule has 1 saturated heterocycles. The molecule has 8 nitrogen and oxygen atoms in total. The van der Waals surface area contributed by atoms with Gasteiger partial charge in [-0.15, -0.1) is 0 Å². The summed E-state index contributed by atoms with van der Waals surface area (Å²) in [5.74, 6) is 0.353. The Hall–Kier alpha value is -3.17. The summed E-state index contributed by atoms with van der Waals surface area (Å²) in [5, 5.41) is 5.90. The summed E-state index contributed by atoms with van der Waals surface area (Å²) in [4.78, 5) is 24.9. The predicted octanol–water partition coefficient (Wildman–Crippen LogP) is 3.67. The summed E-state index contributed by atoms with van der Waals surface area (Å²) >= 11 is 0. The second kappa shape index (κ2) is 10.5. The molecule has 2 aliphatic rings. The Morgan fingerprint density at radius 1 is 1.08 bits per heavy atom. The number of fused-ring (bicyclic) bond motifs is 1. The second-order valence-electron chi connectivity index (χ2n) is 11.5. The number of benzene rings is 2. The lowest BCUT2D eigenvalue weighted by atomic mass is 9.67. The molecule has 2 aromatic carbocycles. The molecule has 2 N–H and O–H groups in total. The molecule has 0 saturated carbocycles. The Bertz CT molecular complexity index is 1310. The molecule has 1 fully saturated rings.